The molecule has 0 aromatic carbocycles. The minimum atomic E-state index is -0.899. The van der Waals surface area contributed by atoms with E-state index in [1.165, 1.54) is 0 Å². The molecule has 176 valence electrons. The van der Waals surface area contributed by atoms with E-state index in [1.54, 1.807) is 24.6 Å². The third-order valence-electron chi connectivity index (χ3n) is 5.93. The second-order valence-electron chi connectivity index (χ2n) is 8.31. The van der Waals surface area contributed by atoms with Crippen molar-refractivity contribution in [1.29, 1.82) is 0 Å². The highest BCUT2D eigenvalue weighted by Gasteiger charge is 2.25. The molecule has 5 heterocycles. The third-order valence-corrected chi connectivity index (χ3v) is 6.83. The number of carbonyl (C=O) groups excluding carboxylic acids is 1. The zero-order chi connectivity index (χ0) is 23.3. The van der Waals surface area contributed by atoms with Crippen LogP contribution in [0.5, 0.6) is 0 Å². The first-order chi connectivity index (χ1) is 16.6. The molecule has 2 fully saturated rings. The average Bonchev–Trinajstić information content (AvgIpc) is 3.50. The summed E-state index contributed by atoms with van der Waals surface area (Å²) >= 11 is 1.08. The quantitative estimate of drug-likeness (QED) is 0.441. The van der Waals surface area contributed by atoms with Crippen molar-refractivity contribution < 1.29 is 14.3 Å². The fraction of sp³-hybridized carbons (Fsp3) is 0.333. The summed E-state index contributed by atoms with van der Waals surface area (Å²) < 4.78 is 5.41. The summed E-state index contributed by atoms with van der Waals surface area (Å²) in [6.07, 6.45) is 9.01. The van der Waals surface area contributed by atoms with Gasteiger partial charge in [-0.2, -0.15) is 0 Å². The van der Waals surface area contributed by atoms with Gasteiger partial charge in [0.05, 0.1) is 22.6 Å². The van der Waals surface area contributed by atoms with Gasteiger partial charge in [-0.3, -0.25) is 9.78 Å². The van der Waals surface area contributed by atoms with E-state index in [1.807, 2.05) is 30.5 Å². The van der Waals surface area contributed by atoms with Crippen LogP contribution in [-0.4, -0.2) is 51.2 Å². The molecule has 0 saturated carbocycles. The number of aliphatic hydroxyl groups is 1. The molecule has 3 aromatic heterocycles. The van der Waals surface area contributed by atoms with E-state index in [-0.39, 0.29) is 5.91 Å². The van der Waals surface area contributed by atoms with E-state index in [4.69, 9.17) is 4.42 Å². The highest BCUT2D eigenvalue weighted by atomic mass is 32.2. The maximum Gasteiger partial charge on any atom is 0.260 e. The number of piperidine rings is 1. The Labute approximate surface area is 201 Å². The lowest BCUT2D eigenvalue weighted by atomic mass is 9.97. The molecule has 0 spiro atoms. The molecule has 0 radical (unpaired) electrons. The fourth-order valence-corrected chi connectivity index (χ4v) is 4.84. The van der Waals surface area contributed by atoms with E-state index in [0.717, 1.165) is 67.8 Å². The Morgan fingerprint density at radius 2 is 2.12 bits per heavy atom. The molecule has 2 aliphatic heterocycles. The molecule has 2 aliphatic rings. The molecule has 9 nitrogen and oxygen atoms in total. The maximum absolute atomic E-state index is 11.8. The third kappa shape index (κ3) is 5.46. The smallest absolute Gasteiger partial charge is 0.260 e. The topological polar surface area (TPSA) is 116 Å². The number of aliphatic hydroxyl groups excluding tert-OH is 1. The van der Waals surface area contributed by atoms with Gasteiger partial charge < -0.3 is 25.1 Å². The predicted molar refractivity (Wildman–Crippen MR) is 130 cm³/mol. The van der Waals surface area contributed by atoms with Gasteiger partial charge in [-0.05, 0) is 61.7 Å². The monoisotopic (exact) mass is 478 g/mol. The van der Waals surface area contributed by atoms with E-state index in [9.17, 15) is 9.90 Å². The van der Waals surface area contributed by atoms with Crippen LogP contribution >= 0.6 is 11.8 Å². The average molecular weight is 479 g/mol. The summed E-state index contributed by atoms with van der Waals surface area (Å²) in [5, 5.41) is 15.5. The number of carbonyl (C=O) groups is 1. The molecule has 1 amide bonds. The van der Waals surface area contributed by atoms with Crippen molar-refractivity contribution in [2.45, 2.75) is 24.9 Å². The van der Waals surface area contributed by atoms with Crippen LogP contribution in [0.2, 0.25) is 0 Å². The van der Waals surface area contributed by atoms with Crippen molar-refractivity contribution in [1.82, 2.24) is 25.6 Å². The Morgan fingerprint density at radius 1 is 1.24 bits per heavy atom. The number of rotatable bonds is 7. The van der Waals surface area contributed by atoms with Gasteiger partial charge in [0.15, 0.2) is 5.56 Å². The second-order valence-corrected chi connectivity index (χ2v) is 9.43. The van der Waals surface area contributed by atoms with Gasteiger partial charge >= 0.3 is 0 Å². The number of hydrogen-bond donors (Lipinski definition) is 3. The van der Waals surface area contributed by atoms with E-state index >= 15 is 0 Å². The zero-order valence-electron chi connectivity index (χ0n) is 18.6. The van der Waals surface area contributed by atoms with Gasteiger partial charge in [0.2, 0.25) is 5.95 Å². The summed E-state index contributed by atoms with van der Waals surface area (Å²) in [5.74, 6) is 1.80. The van der Waals surface area contributed by atoms with E-state index < -0.39 is 5.56 Å². The molecule has 3 aromatic rings. The first-order valence-electron chi connectivity index (χ1n) is 11.3. The first-order valence-corrected chi connectivity index (χ1v) is 12.2. The lowest BCUT2D eigenvalue weighted by molar-refractivity contribution is -0.117. The molecule has 3 N–H and O–H groups in total. The van der Waals surface area contributed by atoms with Crippen LogP contribution in [-0.2, 0) is 11.3 Å². The van der Waals surface area contributed by atoms with Gasteiger partial charge in [-0.15, -0.1) is 0 Å². The Balaban J connectivity index is 1.09. The normalized spacial score (nSPS) is 20.1. The molecule has 5 rings (SSSR count). The highest BCUT2D eigenvalue weighted by Crippen LogP contribution is 2.28. The predicted octanol–water partition coefficient (Wildman–Crippen LogP) is 2.62. The summed E-state index contributed by atoms with van der Waals surface area (Å²) in [7, 11) is 0. The van der Waals surface area contributed by atoms with Crippen LogP contribution in [0, 0.1) is 5.92 Å². The summed E-state index contributed by atoms with van der Waals surface area (Å²) in [6.45, 7) is 3.45. The van der Waals surface area contributed by atoms with Crippen molar-refractivity contribution in [2.75, 3.05) is 24.5 Å². The van der Waals surface area contributed by atoms with Crippen molar-refractivity contribution in [3.8, 4) is 11.3 Å². The number of amides is 1. The Hall–Kier alpha value is -3.21. The van der Waals surface area contributed by atoms with Crippen molar-refractivity contribution >= 4 is 29.7 Å². The molecule has 1 atom stereocenters. The number of thioether (sulfide) groups is 1. The largest absolute Gasteiger partial charge is 0.464 e. The van der Waals surface area contributed by atoms with Gasteiger partial charge in [0, 0.05) is 37.6 Å². The first kappa shape index (κ1) is 22.6. The summed E-state index contributed by atoms with van der Waals surface area (Å²) in [5.41, 5.74) is 1.75. The van der Waals surface area contributed by atoms with Crippen molar-refractivity contribution in [2.24, 2.45) is 5.92 Å². The van der Waals surface area contributed by atoms with Gasteiger partial charge in [-0.25, -0.2) is 9.97 Å². The van der Waals surface area contributed by atoms with Crippen LogP contribution < -0.4 is 15.5 Å². The minimum Gasteiger partial charge on any atom is -0.464 e. The molecule has 34 heavy (non-hydrogen) atoms. The molecule has 2 saturated heterocycles. The van der Waals surface area contributed by atoms with Crippen molar-refractivity contribution in [3.05, 3.63) is 65.3 Å². The molecular weight excluding hydrogens is 452 g/mol. The number of nitrogens with zero attached hydrogens (tertiary/aromatic N) is 4. The van der Waals surface area contributed by atoms with Crippen LogP contribution in [0.15, 0.2) is 58.3 Å². The number of nitrogens with one attached hydrogen (secondary N) is 2. The lowest BCUT2D eigenvalue weighted by Gasteiger charge is -2.32. The Morgan fingerprint density at radius 3 is 2.82 bits per heavy atom. The lowest BCUT2D eigenvalue weighted by Crippen LogP contribution is -2.38. The van der Waals surface area contributed by atoms with Gasteiger partial charge in [0.1, 0.15) is 5.76 Å². The fourth-order valence-electron chi connectivity index (χ4n) is 4.07. The second kappa shape index (κ2) is 10.4. The Kier molecular flexibility index (Phi) is 6.89. The number of furan rings is 1. The SMILES string of the molecule is O=C1NC(O)SC1=Cc1ccnc(N2CCC(CNCc3ccc(-c4ccco4)cn3)CC2)n1. The standard InChI is InChI=1S/C24H26N6O3S/c31-22-21(34-24(32)29-22)12-18-5-8-26-23(28-18)30-9-6-16(7-10-30)13-25-15-19-4-3-17(14-27-19)20-2-1-11-33-20/h1-5,8,11-12,14,16,24-25,32H,6-7,9-10,13,15H2,(H,29,31). The number of anilines is 1. The Bertz CT molecular complexity index is 1140. The van der Waals surface area contributed by atoms with Crippen LogP contribution in [0.1, 0.15) is 24.2 Å². The van der Waals surface area contributed by atoms with E-state index in [2.05, 4.69) is 30.5 Å². The molecule has 10 heteroatoms. The van der Waals surface area contributed by atoms with Gasteiger partial charge in [0.25, 0.3) is 5.91 Å². The van der Waals surface area contributed by atoms with Crippen molar-refractivity contribution in [3.63, 3.8) is 0 Å². The summed E-state index contributed by atoms with van der Waals surface area (Å²) in [4.78, 5) is 28.0. The van der Waals surface area contributed by atoms with Crippen LogP contribution in [0.4, 0.5) is 5.95 Å². The molecule has 1 unspecified atom stereocenters. The highest BCUT2D eigenvalue weighted by molar-refractivity contribution is 8.05. The number of hydrogen-bond acceptors (Lipinski definition) is 9. The molecule has 0 bridgehead atoms. The van der Waals surface area contributed by atoms with Gasteiger partial charge in [-0.1, -0.05) is 11.8 Å². The maximum atomic E-state index is 11.8. The molecule has 0 aliphatic carbocycles. The number of pyridine rings is 1. The zero-order valence-corrected chi connectivity index (χ0v) is 19.4. The molecular formula is C24H26N6O3S. The number of aromatic nitrogens is 3. The minimum absolute atomic E-state index is 0.283. The van der Waals surface area contributed by atoms with Crippen LogP contribution in [0.3, 0.4) is 0 Å². The van der Waals surface area contributed by atoms with Crippen LogP contribution in [0.25, 0.3) is 17.4 Å². The van der Waals surface area contributed by atoms with E-state index in [0.29, 0.717) is 22.5 Å². The summed E-state index contributed by atoms with van der Waals surface area (Å²) in [6, 6.07) is 9.63.